The van der Waals surface area contributed by atoms with Crippen LogP contribution in [0.4, 0.5) is 0 Å². The molecule has 4 heteroatoms. The highest BCUT2D eigenvalue weighted by Crippen LogP contribution is 2.08. The van der Waals surface area contributed by atoms with Gasteiger partial charge in [-0.05, 0) is 18.1 Å². The quantitative estimate of drug-likeness (QED) is 0.577. The molecular formula is C5H13BO2S. The van der Waals surface area contributed by atoms with Gasteiger partial charge in [-0.25, -0.2) is 0 Å². The molecule has 0 rings (SSSR count). The average Bonchev–Trinajstić information content (AvgIpc) is 1.63. The van der Waals surface area contributed by atoms with Crippen molar-refractivity contribution in [3.63, 3.8) is 0 Å². The van der Waals surface area contributed by atoms with Crippen molar-refractivity contribution in [1.82, 2.24) is 0 Å². The van der Waals surface area contributed by atoms with Crippen LogP contribution in [0.1, 0.15) is 20.3 Å². The maximum absolute atomic E-state index is 8.38. The third-order valence-corrected chi connectivity index (χ3v) is 1.73. The zero-order valence-corrected chi connectivity index (χ0v) is 6.69. The van der Waals surface area contributed by atoms with Crippen LogP contribution in [0.2, 0.25) is 0 Å². The molecule has 0 amide bonds. The molecule has 0 aromatic carbocycles. The van der Waals surface area contributed by atoms with Gasteiger partial charge >= 0.3 is 6.40 Å². The molecule has 0 saturated carbocycles. The van der Waals surface area contributed by atoms with Crippen LogP contribution in [0.5, 0.6) is 0 Å². The molecule has 0 bridgehead atoms. The lowest BCUT2D eigenvalue weighted by Crippen LogP contribution is -2.06. The zero-order valence-electron chi connectivity index (χ0n) is 5.87. The third-order valence-electron chi connectivity index (χ3n) is 0.962. The van der Waals surface area contributed by atoms with E-state index in [4.69, 9.17) is 10.0 Å². The van der Waals surface area contributed by atoms with E-state index < -0.39 is 6.40 Å². The Morgan fingerprint density at radius 3 is 2.33 bits per heavy atom. The molecule has 2 N–H and O–H groups in total. The molecular weight excluding hydrogens is 135 g/mol. The lowest BCUT2D eigenvalue weighted by atomic mass is 10.2. The van der Waals surface area contributed by atoms with E-state index in [-0.39, 0.29) is 0 Å². The maximum atomic E-state index is 8.38. The van der Waals surface area contributed by atoms with Crippen LogP contribution in [-0.4, -0.2) is 22.2 Å². The number of hydrogen-bond donors (Lipinski definition) is 2. The molecule has 0 aromatic rings. The predicted molar refractivity (Wildman–Crippen MR) is 42.1 cm³/mol. The fraction of sp³-hybridized carbons (Fsp3) is 1.00. The van der Waals surface area contributed by atoms with E-state index in [2.05, 4.69) is 13.8 Å². The first kappa shape index (κ1) is 9.33. The minimum atomic E-state index is -1.19. The van der Waals surface area contributed by atoms with Gasteiger partial charge < -0.3 is 10.0 Å². The molecule has 54 valence electrons. The zero-order chi connectivity index (χ0) is 7.28. The summed E-state index contributed by atoms with van der Waals surface area (Å²) in [5.74, 6) is 1.48. The highest BCUT2D eigenvalue weighted by Gasteiger charge is 2.06. The summed E-state index contributed by atoms with van der Waals surface area (Å²) in [6.07, 6.45) is -0.147. The average molecular weight is 148 g/mol. The molecule has 0 fully saturated rings. The van der Waals surface area contributed by atoms with Crippen LogP contribution in [0.3, 0.4) is 0 Å². The maximum Gasteiger partial charge on any atom is 0.525 e. The third kappa shape index (κ3) is 8.33. The largest absolute Gasteiger partial charge is 0.525 e. The summed E-state index contributed by atoms with van der Waals surface area (Å²) < 4.78 is 0. The van der Waals surface area contributed by atoms with E-state index in [1.165, 1.54) is 11.6 Å². The second-order valence-corrected chi connectivity index (χ2v) is 3.54. The molecule has 0 aromatic heterocycles. The smallest absolute Gasteiger partial charge is 0.418 e. The number of hydrogen-bond acceptors (Lipinski definition) is 3. The van der Waals surface area contributed by atoms with Crippen molar-refractivity contribution in [2.75, 3.05) is 5.75 Å². The standard InChI is InChI=1S/C5H13BO2S/c1-5(2)3-4-9-6(7)8/h5,7-8H,3-4H2,1-2H3. The van der Waals surface area contributed by atoms with Gasteiger partial charge in [-0.3, -0.25) is 0 Å². The van der Waals surface area contributed by atoms with Crippen molar-refractivity contribution >= 4 is 18.0 Å². The second kappa shape index (κ2) is 5.15. The summed E-state index contributed by atoms with van der Waals surface area (Å²) in [7, 11) is 0. The molecule has 0 heterocycles. The Hall–Kier alpha value is 0.335. The first-order valence-corrected chi connectivity index (χ1v) is 4.15. The topological polar surface area (TPSA) is 40.5 Å². The van der Waals surface area contributed by atoms with E-state index in [1.54, 1.807) is 0 Å². The summed E-state index contributed by atoms with van der Waals surface area (Å²) in [6.45, 7) is 4.23. The lowest BCUT2D eigenvalue weighted by Gasteiger charge is -2.01. The summed E-state index contributed by atoms with van der Waals surface area (Å²) in [5.41, 5.74) is 0. The van der Waals surface area contributed by atoms with Crippen LogP contribution >= 0.6 is 11.6 Å². The Morgan fingerprint density at radius 2 is 2.00 bits per heavy atom. The van der Waals surface area contributed by atoms with E-state index in [1.807, 2.05) is 0 Å². The van der Waals surface area contributed by atoms with E-state index >= 15 is 0 Å². The van der Waals surface area contributed by atoms with Crippen LogP contribution in [0.15, 0.2) is 0 Å². The van der Waals surface area contributed by atoms with Crippen molar-refractivity contribution in [2.24, 2.45) is 5.92 Å². The molecule has 0 aliphatic carbocycles. The molecule has 0 radical (unpaired) electrons. The fourth-order valence-corrected chi connectivity index (χ4v) is 1.23. The van der Waals surface area contributed by atoms with Gasteiger partial charge in [-0.15, -0.1) is 11.6 Å². The van der Waals surface area contributed by atoms with Gasteiger partial charge in [0.1, 0.15) is 0 Å². The highest BCUT2D eigenvalue weighted by molar-refractivity contribution is 8.23. The Labute approximate surface area is 60.7 Å². The monoisotopic (exact) mass is 148 g/mol. The molecule has 0 unspecified atom stereocenters. The van der Waals surface area contributed by atoms with Gasteiger partial charge in [-0.1, -0.05) is 13.8 Å². The summed E-state index contributed by atoms with van der Waals surface area (Å²) in [6, 6.07) is 0. The van der Waals surface area contributed by atoms with Crippen LogP contribution in [-0.2, 0) is 0 Å². The summed E-state index contributed by atoms with van der Waals surface area (Å²) in [4.78, 5) is 0. The Morgan fingerprint density at radius 1 is 1.44 bits per heavy atom. The molecule has 0 spiro atoms. The molecule has 0 aliphatic heterocycles. The van der Waals surface area contributed by atoms with Gasteiger partial charge in [0.15, 0.2) is 0 Å². The van der Waals surface area contributed by atoms with E-state index in [0.29, 0.717) is 5.92 Å². The van der Waals surface area contributed by atoms with Crippen molar-refractivity contribution < 1.29 is 10.0 Å². The van der Waals surface area contributed by atoms with Gasteiger partial charge in [0, 0.05) is 0 Å². The minimum Gasteiger partial charge on any atom is -0.418 e. The normalized spacial score (nSPS) is 10.3. The Bertz CT molecular complexity index is 60.0. The molecule has 0 atom stereocenters. The Kier molecular flexibility index (Phi) is 5.34. The van der Waals surface area contributed by atoms with Crippen LogP contribution in [0.25, 0.3) is 0 Å². The molecule has 9 heavy (non-hydrogen) atoms. The summed E-state index contributed by atoms with van der Waals surface area (Å²) >= 11 is 1.17. The second-order valence-electron chi connectivity index (χ2n) is 2.38. The van der Waals surface area contributed by atoms with Gasteiger partial charge in [-0.2, -0.15) is 0 Å². The van der Waals surface area contributed by atoms with E-state index in [0.717, 1.165) is 12.2 Å². The highest BCUT2D eigenvalue weighted by atomic mass is 32.2. The van der Waals surface area contributed by atoms with Crippen molar-refractivity contribution in [3.05, 3.63) is 0 Å². The van der Waals surface area contributed by atoms with Gasteiger partial charge in [0.2, 0.25) is 0 Å². The minimum absolute atomic E-state index is 0.649. The Balaban J connectivity index is 2.91. The fourth-order valence-electron chi connectivity index (χ4n) is 0.409. The lowest BCUT2D eigenvalue weighted by molar-refractivity contribution is 0.437. The van der Waals surface area contributed by atoms with Crippen LogP contribution in [0, 0.1) is 5.92 Å². The van der Waals surface area contributed by atoms with Crippen molar-refractivity contribution in [2.45, 2.75) is 20.3 Å². The van der Waals surface area contributed by atoms with E-state index in [9.17, 15) is 0 Å². The SMILES string of the molecule is CC(C)CCSB(O)O. The van der Waals surface area contributed by atoms with Gasteiger partial charge in [0.25, 0.3) is 0 Å². The first-order chi connectivity index (χ1) is 4.13. The first-order valence-electron chi connectivity index (χ1n) is 3.10. The molecule has 0 aliphatic rings. The van der Waals surface area contributed by atoms with Crippen LogP contribution < -0.4 is 0 Å². The van der Waals surface area contributed by atoms with Crippen molar-refractivity contribution in [1.29, 1.82) is 0 Å². The predicted octanol–water partition coefficient (Wildman–Crippen LogP) is 0.735. The molecule has 2 nitrogen and oxygen atoms in total. The molecule has 0 saturated heterocycles. The summed E-state index contributed by atoms with van der Waals surface area (Å²) in [5, 5.41) is 16.8. The van der Waals surface area contributed by atoms with Gasteiger partial charge in [0.05, 0.1) is 0 Å². The number of rotatable bonds is 4. The van der Waals surface area contributed by atoms with Crippen molar-refractivity contribution in [3.8, 4) is 0 Å².